The molecule has 5 heteroatoms. The van der Waals surface area contributed by atoms with E-state index in [2.05, 4.69) is 11.9 Å². The highest BCUT2D eigenvalue weighted by atomic mass is 16.4. The van der Waals surface area contributed by atoms with Crippen LogP contribution >= 0.6 is 0 Å². The molecule has 1 atom stereocenters. The van der Waals surface area contributed by atoms with Crippen molar-refractivity contribution in [3.63, 3.8) is 0 Å². The van der Waals surface area contributed by atoms with Crippen molar-refractivity contribution in [3.05, 3.63) is 12.7 Å². The lowest BCUT2D eigenvalue weighted by Gasteiger charge is -2.22. The molecule has 5 nitrogen and oxygen atoms in total. The molecule has 0 radical (unpaired) electrons. The van der Waals surface area contributed by atoms with Gasteiger partial charge in [-0.1, -0.05) is 13.5 Å². The lowest BCUT2D eigenvalue weighted by Crippen LogP contribution is -2.42. The molecule has 0 bridgehead atoms. The first-order chi connectivity index (χ1) is 6.99. The first-order valence-corrected chi connectivity index (χ1v) is 4.82. The zero-order valence-corrected chi connectivity index (χ0v) is 9.19. The van der Waals surface area contributed by atoms with Crippen molar-refractivity contribution in [3.8, 4) is 0 Å². The van der Waals surface area contributed by atoms with Crippen molar-refractivity contribution in [2.24, 2.45) is 0 Å². The second-order valence-electron chi connectivity index (χ2n) is 3.41. The van der Waals surface area contributed by atoms with Crippen LogP contribution in [0.5, 0.6) is 0 Å². The van der Waals surface area contributed by atoms with Gasteiger partial charge in [0.15, 0.2) is 0 Å². The Morgan fingerprint density at radius 3 is 2.60 bits per heavy atom. The van der Waals surface area contributed by atoms with Crippen LogP contribution < -0.4 is 5.32 Å². The summed E-state index contributed by atoms with van der Waals surface area (Å²) in [5.74, 6) is -1.10. The molecular formula is C10H18N2O3. The van der Waals surface area contributed by atoms with Gasteiger partial charge < -0.3 is 10.4 Å². The van der Waals surface area contributed by atoms with E-state index in [0.29, 0.717) is 6.54 Å². The monoisotopic (exact) mass is 214 g/mol. The molecular weight excluding hydrogens is 196 g/mol. The molecule has 0 fully saturated rings. The van der Waals surface area contributed by atoms with Crippen molar-refractivity contribution in [1.82, 2.24) is 10.2 Å². The van der Waals surface area contributed by atoms with Gasteiger partial charge >= 0.3 is 5.97 Å². The number of nitrogens with zero attached hydrogens (tertiary/aromatic N) is 1. The molecule has 0 aliphatic rings. The average molecular weight is 214 g/mol. The third kappa shape index (κ3) is 6.68. The smallest absolute Gasteiger partial charge is 0.317 e. The Kier molecular flexibility index (Phi) is 6.37. The third-order valence-electron chi connectivity index (χ3n) is 1.96. The van der Waals surface area contributed by atoms with Crippen molar-refractivity contribution < 1.29 is 14.7 Å². The lowest BCUT2D eigenvalue weighted by molar-refractivity contribution is -0.138. The van der Waals surface area contributed by atoms with Crippen LogP contribution in [-0.4, -0.2) is 48.1 Å². The second kappa shape index (κ2) is 7.00. The average Bonchev–Trinajstić information content (AvgIpc) is 2.15. The van der Waals surface area contributed by atoms with Gasteiger partial charge in [0.2, 0.25) is 5.91 Å². The minimum absolute atomic E-state index is 0.0273. The largest absolute Gasteiger partial charge is 0.480 e. The van der Waals surface area contributed by atoms with E-state index in [0.717, 1.165) is 6.42 Å². The molecule has 0 saturated carbocycles. The first kappa shape index (κ1) is 13.6. The summed E-state index contributed by atoms with van der Waals surface area (Å²) in [6.45, 7) is 5.78. The van der Waals surface area contributed by atoms with Crippen molar-refractivity contribution in [2.45, 2.75) is 19.4 Å². The topological polar surface area (TPSA) is 69.6 Å². The molecule has 1 unspecified atom stereocenters. The summed E-state index contributed by atoms with van der Waals surface area (Å²) in [6.07, 6.45) is 1.96. The van der Waals surface area contributed by atoms with E-state index in [1.807, 2.05) is 6.92 Å². The van der Waals surface area contributed by atoms with Crippen LogP contribution in [-0.2, 0) is 9.59 Å². The standard InChI is InChI=1S/C10H18N2O3/c1-4-8(11-9(13)5-2)6-12(3)7-10(14)15/h5,8H,2,4,6-7H2,1,3H3,(H,11,13)(H,14,15). The number of nitrogens with one attached hydrogen (secondary N) is 1. The van der Waals surface area contributed by atoms with Crippen LogP contribution in [0.3, 0.4) is 0 Å². The van der Waals surface area contributed by atoms with Crippen molar-refractivity contribution >= 4 is 11.9 Å². The summed E-state index contributed by atoms with van der Waals surface area (Å²) in [4.78, 5) is 23.1. The van der Waals surface area contributed by atoms with Gasteiger partial charge in [0, 0.05) is 12.6 Å². The zero-order valence-electron chi connectivity index (χ0n) is 9.19. The van der Waals surface area contributed by atoms with E-state index in [1.54, 1.807) is 11.9 Å². The number of carbonyl (C=O) groups is 2. The predicted octanol–water partition coefficient (Wildman–Crippen LogP) is 0.0836. The Labute approximate surface area is 89.8 Å². The number of amides is 1. The molecule has 0 aromatic carbocycles. The number of carboxylic acids is 1. The van der Waals surface area contributed by atoms with Crippen LogP contribution in [0, 0.1) is 0 Å². The summed E-state index contributed by atoms with van der Waals surface area (Å²) >= 11 is 0. The van der Waals surface area contributed by atoms with Crippen LogP contribution in [0.1, 0.15) is 13.3 Å². The van der Waals surface area contributed by atoms with E-state index in [1.165, 1.54) is 6.08 Å². The third-order valence-corrected chi connectivity index (χ3v) is 1.96. The number of likely N-dealkylation sites (N-methyl/N-ethyl adjacent to an activating group) is 1. The van der Waals surface area contributed by atoms with Gasteiger partial charge in [-0.3, -0.25) is 14.5 Å². The molecule has 2 N–H and O–H groups in total. The Morgan fingerprint density at radius 1 is 1.60 bits per heavy atom. The molecule has 0 aliphatic heterocycles. The van der Waals surface area contributed by atoms with E-state index < -0.39 is 5.97 Å². The lowest BCUT2D eigenvalue weighted by atomic mass is 10.2. The highest BCUT2D eigenvalue weighted by molar-refractivity contribution is 5.87. The number of carbonyl (C=O) groups excluding carboxylic acids is 1. The van der Waals surface area contributed by atoms with Crippen LogP contribution in [0.25, 0.3) is 0 Å². The van der Waals surface area contributed by atoms with Crippen LogP contribution in [0.2, 0.25) is 0 Å². The van der Waals surface area contributed by atoms with E-state index in [-0.39, 0.29) is 18.5 Å². The van der Waals surface area contributed by atoms with Gasteiger partial charge in [-0.2, -0.15) is 0 Å². The van der Waals surface area contributed by atoms with Gasteiger partial charge in [-0.15, -0.1) is 0 Å². The summed E-state index contributed by atoms with van der Waals surface area (Å²) in [7, 11) is 1.71. The molecule has 0 aliphatic carbocycles. The van der Waals surface area contributed by atoms with E-state index in [9.17, 15) is 9.59 Å². The number of aliphatic carboxylic acids is 1. The van der Waals surface area contributed by atoms with Gasteiger partial charge in [0.1, 0.15) is 0 Å². The summed E-state index contributed by atoms with van der Waals surface area (Å²) in [6, 6.07) is -0.0418. The van der Waals surface area contributed by atoms with E-state index in [4.69, 9.17) is 5.11 Å². The maximum atomic E-state index is 11.0. The second-order valence-corrected chi connectivity index (χ2v) is 3.41. The number of hydrogen-bond acceptors (Lipinski definition) is 3. The Balaban J connectivity index is 4.02. The highest BCUT2D eigenvalue weighted by Crippen LogP contribution is 1.95. The molecule has 0 rings (SSSR count). The fourth-order valence-electron chi connectivity index (χ4n) is 1.21. The van der Waals surface area contributed by atoms with Crippen LogP contribution in [0.4, 0.5) is 0 Å². The Morgan fingerprint density at radius 2 is 2.20 bits per heavy atom. The maximum absolute atomic E-state index is 11.0. The van der Waals surface area contributed by atoms with Crippen LogP contribution in [0.15, 0.2) is 12.7 Å². The van der Waals surface area contributed by atoms with Gasteiger partial charge in [-0.05, 0) is 19.5 Å². The highest BCUT2D eigenvalue weighted by Gasteiger charge is 2.12. The number of rotatable bonds is 7. The van der Waals surface area contributed by atoms with Gasteiger partial charge in [0.25, 0.3) is 0 Å². The molecule has 0 aromatic heterocycles. The normalized spacial score (nSPS) is 12.2. The first-order valence-electron chi connectivity index (χ1n) is 4.82. The molecule has 0 saturated heterocycles. The molecule has 86 valence electrons. The molecule has 1 amide bonds. The minimum Gasteiger partial charge on any atom is -0.480 e. The zero-order chi connectivity index (χ0) is 11.8. The van der Waals surface area contributed by atoms with Crippen molar-refractivity contribution in [2.75, 3.05) is 20.1 Å². The Hall–Kier alpha value is -1.36. The predicted molar refractivity (Wildman–Crippen MR) is 57.6 cm³/mol. The van der Waals surface area contributed by atoms with Crippen molar-refractivity contribution in [1.29, 1.82) is 0 Å². The Bertz CT molecular complexity index is 241. The molecule has 15 heavy (non-hydrogen) atoms. The molecule has 0 spiro atoms. The fraction of sp³-hybridized carbons (Fsp3) is 0.600. The fourth-order valence-corrected chi connectivity index (χ4v) is 1.21. The quantitative estimate of drug-likeness (QED) is 0.589. The molecule has 0 aromatic rings. The molecule has 0 heterocycles. The summed E-state index contributed by atoms with van der Waals surface area (Å²) in [5, 5.41) is 11.3. The summed E-state index contributed by atoms with van der Waals surface area (Å²) in [5.41, 5.74) is 0. The van der Waals surface area contributed by atoms with Gasteiger partial charge in [0.05, 0.1) is 6.54 Å². The van der Waals surface area contributed by atoms with Gasteiger partial charge in [-0.25, -0.2) is 0 Å². The number of hydrogen-bond donors (Lipinski definition) is 2. The number of carboxylic acid groups (broad SMARTS) is 1. The summed E-state index contributed by atoms with van der Waals surface area (Å²) < 4.78 is 0. The maximum Gasteiger partial charge on any atom is 0.317 e. The SMILES string of the molecule is C=CC(=O)NC(CC)CN(C)CC(=O)O. The van der Waals surface area contributed by atoms with E-state index >= 15 is 0 Å². The minimum atomic E-state index is -0.873.